The molecule has 0 heterocycles. The van der Waals surface area contributed by atoms with E-state index >= 15 is 0 Å². The van der Waals surface area contributed by atoms with E-state index in [0.717, 1.165) is 17.6 Å². The number of anilines is 1. The van der Waals surface area contributed by atoms with Crippen molar-refractivity contribution in [3.63, 3.8) is 0 Å². The van der Waals surface area contributed by atoms with Gasteiger partial charge in [-0.3, -0.25) is 4.79 Å². The van der Waals surface area contributed by atoms with Crippen molar-refractivity contribution in [1.82, 2.24) is 0 Å². The van der Waals surface area contributed by atoms with Crippen LogP contribution in [0.1, 0.15) is 18.4 Å². The first kappa shape index (κ1) is 19.0. The molecule has 0 saturated heterocycles. The van der Waals surface area contributed by atoms with Gasteiger partial charge >= 0.3 is 0 Å². The maximum absolute atomic E-state index is 12.2. The molecule has 0 saturated carbocycles. The zero-order chi connectivity index (χ0) is 18.4. The minimum Gasteiger partial charge on any atom is -0.494 e. The molecular formula is C19H23NO4S. The molecular weight excluding hydrogens is 338 g/mol. The molecule has 0 spiro atoms. The van der Waals surface area contributed by atoms with Gasteiger partial charge in [0.1, 0.15) is 5.75 Å². The Labute approximate surface area is 149 Å². The van der Waals surface area contributed by atoms with Gasteiger partial charge in [0.25, 0.3) is 0 Å². The zero-order valence-electron chi connectivity index (χ0n) is 14.7. The van der Waals surface area contributed by atoms with E-state index in [9.17, 15) is 13.2 Å². The fourth-order valence-electron chi connectivity index (χ4n) is 2.35. The third-order valence-corrected chi connectivity index (χ3v) is 4.95. The maximum Gasteiger partial charge on any atom is 0.226 e. The molecule has 0 aliphatic heterocycles. The lowest BCUT2D eigenvalue weighted by atomic mass is 10.2. The summed E-state index contributed by atoms with van der Waals surface area (Å²) < 4.78 is 28.6. The fraction of sp³-hybridized carbons (Fsp3) is 0.316. The molecule has 0 atom stereocenters. The first-order chi connectivity index (χ1) is 11.8. The summed E-state index contributed by atoms with van der Waals surface area (Å²) in [5.41, 5.74) is 1.79. The van der Waals surface area contributed by atoms with Gasteiger partial charge in [0.15, 0.2) is 9.84 Å². The summed E-state index contributed by atoms with van der Waals surface area (Å²) >= 11 is 0. The van der Waals surface area contributed by atoms with Crippen LogP contribution in [0.4, 0.5) is 5.69 Å². The highest BCUT2D eigenvalue weighted by Crippen LogP contribution is 2.18. The van der Waals surface area contributed by atoms with E-state index in [1.807, 2.05) is 31.2 Å². The van der Waals surface area contributed by atoms with Crippen molar-refractivity contribution < 1.29 is 17.9 Å². The number of amides is 1. The van der Waals surface area contributed by atoms with Crippen LogP contribution in [-0.4, -0.2) is 34.2 Å². The second-order valence-electron chi connectivity index (χ2n) is 5.99. The van der Waals surface area contributed by atoms with Crippen LogP contribution in [0.2, 0.25) is 0 Å². The number of hydrogen-bond donors (Lipinski definition) is 0. The van der Waals surface area contributed by atoms with Crippen molar-refractivity contribution in [2.24, 2.45) is 0 Å². The summed E-state index contributed by atoms with van der Waals surface area (Å²) in [5.74, 6) is 0.761. The van der Waals surface area contributed by atoms with E-state index < -0.39 is 9.84 Å². The normalized spacial score (nSPS) is 11.2. The first-order valence-corrected chi connectivity index (χ1v) is 9.92. The van der Waals surface area contributed by atoms with Gasteiger partial charge in [-0.2, -0.15) is 0 Å². The van der Waals surface area contributed by atoms with Crippen LogP contribution >= 0.6 is 0 Å². The highest BCUT2D eigenvalue weighted by Gasteiger charge is 2.12. The van der Waals surface area contributed by atoms with Crippen molar-refractivity contribution in [3.8, 4) is 5.75 Å². The van der Waals surface area contributed by atoms with E-state index in [1.165, 1.54) is 17.0 Å². The number of rotatable bonds is 7. The minimum absolute atomic E-state index is 0.0417. The number of nitrogens with zero attached hydrogens (tertiary/aromatic N) is 1. The van der Waals surface area contributed by atoms with Crippen LogP contribution in [0.15, 0.2) is 53.4 Å². The predicted octanol–water partition coefficient (Wildman–Crippen LogP) is 3.22. The molecule has 0 aromatic heterocycles. The van der Waals surface area contributed by atoms with E-state index in [0.29, 0.717) is 25.1 Å². The van der Waals surface area contributed by atoms with Crippen LogP contribution < -0.4 is 9.64 Å². The maximum atomic E-state index is 12.2. The van der Waals surface area contributed by atoms with E-state index in [2.05, 4.69) is 0 Å². The molecule has 2 aromatic rings. The SMILES string of the molecule is Cc1cccc(OCCCC(=O)N(C)c2ccc(S(C)(=O)=O)cc2)c1. The van der Waals surface area contributed by atoms with Crippen LogP contribution in [0, 0.1) is 6.92 Å². The molecule has 0 bridgehead atoms. The Morgan fingerprint density at radius 1 is 1.12 bits per heavy atom. The van der Waals surface area contributed by atoms with E-state index in [-0.39, 0.29) is 10.8 Å². The van der Waals surface area contributed by atoms with Crippen LogP contribution in [0.5, 0.6) is 5.75 Å². The molecule has 5 nitrogen and oxygen atoms in total. The van der Waals surface area contributed by atoms with Crippen molar-refractivity contribution in [1.29, 1.82) is 0 Å². The molecule has 2 aromatic carbocycles. The predicted molar refractivity (Wildman–Crippen MR) is 98.9 cm³/mol. The third-order valence-electron chi connectivity index (χ3n) is 3.82. The Hall–Kier alpha value is -2.34. The molecule has 0 N–H and O–H groups in total. The number of ether oxygens (including phenoxy) is 1. The lowest BCUT2D eigenvalue weighted by molar-refractivity contribution is -0.118. The highest BCUT2D eigenvalue weighted by molar-refractivity contribution is 7.90. The first-order valence-electron chi connectivity index (χ1n) is 8.03. The van der Waals surface area contributed by atoms with Gasteiger partial charge in [-0.15, -0.1) is 0 Å². The topological polar surface area (TPSA) is 63.7 Å². The summed E-state index contributed by atoms with van der Waals surface area (Å²) in [4.78, 5) is 14.0. The van der Waals surface area contributed by atoms with Crippen LogP contribution in [0.3, 0.4) is 0 Å². The summed E-state index contributed by atoms with van der Waals surface area (Å²) in [6.45, 7) is 2.47. The molecule has 134 valence electrons. The number of hydrogen-bond acceptors (Lipinski definition) is 4. The molecule has 6 heteroatoms. The molecule has 0 unspecified atom stereocenters. The number of aryl methyl sites for hydroxylation is 1. The monoisotopic (exact) mass is 361 g/mol. The summed E-state index contributed by atoms with van der Waals surface area (Å²) in [6.07, 6.45) is 2.12. The molecule has 0 fully saturated rings. The summed E-state index contributed by atoms with van der Waals surface area (Å²) in [7, 11) is -1.55. The van der Waals surface area contributed by atoms with E-state index in [4.69, 9.17) is 4.74 Å². The quantitative estimate of drug-likeness (QED) is 0.710. The van der Waals surface area contributed by atoms with Gasteiger partial charge in [0.2, 0.25) is 5.91 Å². The van der Waals surface area contributed by atoms with Crippen molar-refractivity contribution >= 4 is 21.4 Å². The standard InChI is InChI=1S/C19H23NO4S/c1-15-6-4-7-17(14-15)24-13-5-8-19(21)20(2)16-9-11-18(12-10-16)25(3,22)23/h4,6-7,9-12,14H,5,8,13H2,1-3H3. The molecule has 1 amide bonds. The molecule has 25 heavy (non-hydrogen) atoms. The number of sulfone groups is 1. The van der Waals surface area contributed by atoms with Crippen molar-refractivity contribution in [2.75, 3.05) is 24.8 Å². The Kier molecular flexibility index (Phi) is 6.20. The van der Waals surface area contributed by atoms with Crippen LogP contribution in [-0.2, 0) is 14.6 Å². The Balaban J connectivity index is 1.84. The van der Waals surface area contributed by atoms with Gasteiger partial charge < -0.3 is 9.64 Å². The lowest BCUT2D eigenvalue weighted by Gasteiger charge is -2.17. The highest BCUT2D eigenvalue weighted by atomic mass is 32.2. The van der Waals surface area contributed by atoms with Crippen molar-refractivity contribution in [3.05, 3.63) is 54.1 Å². The fourth-order valence-corrected chi connectivity index (χ4v) is 2.98. The van der Waals surface area contributed by atoms with Gasteiger partial charge in [0.05, 0.1) is 11.5 Å². The van der Waals surface area contributed by atoms with E-state index in [1.54, 1.807) is 19.2 Å². The smallest absolute Gasteiger partial charge is 0.226 e. The minimum atomic E-state index is -3.23. The summed E-state index contributed by atoms with van der Waals surface area (Å²) in [5, 5.41) is 0. The van der Waals surface area contributed by atoms with Gasteiger partial charge in [0, 0.05) is 25.4 Å². The Morgan fingerprint density at radius 3 is 2.40 bits per heavy atom. The second kappa shape index (κ2) is 8.16. The molecule has 2 rings (SSSR count). The van der Waals surface area contributed by atoms with Gasteiger partial charge in [-0.25, -0.2) is 8.42 Å². The largest absolute Gasteiger partial charge is 0.494 e. The molecule has 0 radical (unpaired) electrons. The van der Waals surface area contributed by atoms with Crippen molar-refractivity contribution in [2.45, 2.75) is 24.7 Å². The Bertz CT molecular complexity index is 829. The molecule has 0 aliphatic carbocycles. The third kappa shape index (κ3) is 5.60. The number of carbonyl (C=O) groups is 1. The number of carbonyl (C=O) groups excluding carboxylic acids is 1. The Morgan fingerprint density at radius 2 is 1.80 bits per heavy atom. The summed E-state index contributed by atoms with van der Waals surface area (Å²) in [6, 6.07) is 14.1. The average Bonchev–Trinajstić information content (AvgIpc) is 2.57. The lowest BCUT2D eigenvalue weighted by Crippen LogP contribution is -2.26. The van der Waals surface area contributed by atoms with Gasteiger partial charge in [-0.05, 0) is 55.3 Å². The molecule has 0 aliphatic rings. The zero-order valence-corrected chi connectivity index (χ0v) is 15.5. The average molecular weight is 361 g/mol. The number of benzene rings is 2. The van der Waals surface area contributed by atoms with Crippen LogP contribution in [0.25, 0.3) is 0 Å². The second-order valence-corrected chi connectivity index (χ2v) is 8.00. The van der Waals surface area contributed by atoms with Gasteiger partial charge in [-0.1, -0.05) is 12.1 Å².